The summed E-state index contributed by atoms with van der Waals surface area (Å²) in [6, 6.07) is 23.6. The predicted octanol–water partition coefficient (Wildman–Crippen LogP) is 5.61. The maximum Gasteiger partial charge on any atom is 0.261 e. The third-order valence-corrected chi connectivity index (χ3v) is 12.9. The molecule has 0 amide bonds. The van der Waals surface area contributed by atoms with Gasteiger partial charge in [-0.1, -0.05) is 94.8 Å². The van der Waals surface area contributed by atoms with Gasteiger partial charge in [0.1, 0.15) is 0 Å². The zero-order valence-electron chi connectivity index (χ0n) is 20.0. The van der Waals surface area contributed by atoms with E-state index in [-0.39, 0.29) is 5.04 Å². The van der Waals surface area contributed by atoms with Crippen molar-refractivity contribution in [3.8, 4) is 0 Å². The maximum atomic E-state index is 7.19. The minimum absolute atomic E-state index is 0.0600. The highest BCUT2D eigenvalue weighted by Gasteiger charge is 2.50. The van der Waals surface area contributed by atoms with E-state index in [1.807, 2.05) is 0 Å². The molecule has 168 valence electrons. The van der Waals surface area contributed by atoms with E-state index in [4.69, 9.17) is 4.43 Å². The summed E-state index contributed by atoms with van der Waals surface area (Å²) in [4.78, 5) is 2.85. The average molecular weight is 436 g/mol. The van der Waals surface area contributed by atoms with Gasteiger partial charge >= 0.3 is 0 Å². The van der Waals surface area contributed by atoms with E-state index in [0.29, 0.717) is 6.04 Å². The van der Waals surface area contributed by atoms with Crippen LogP contribution in [0.25, 0.3) is 0 Å². The van der Waals surface area contributed by atoms with Crippen molar-refractivity contribution in [1.82, 2.24) is 4.90 Å². The molecular weight excluding hydrogens is 394 g/mol. The average Bonchev–Trinajstić information content (AvgIpc) is 2.79. The van der Waals surface area contributed by atoms with Crippen LogP contribution in [0.1, 0.15) is 66.2 Å². The van der Waals surface area contributed by atoms with Crippen LogP contribution in [0.15, 0.2) is 60.7 Å². The fourth-order valence-electron chi connectivity index (χ4n) is 6.28. The second kappa shape index (κ2) is 9.60. The summed E-state index contributed by atoms with van der Waals surface area (Å²) >= 11 is 0. The monoisotopic (exact) mass is 435 g/mol. The second-order valence-electron chi connectivity index (χ2n) is 10.8. The first-order chi connectivity index (χ1) is 14.9. The molecule has 2 aromatic carbocycles. The summed E-state index contributed by atoms with van der Waals surface area (Å²) in [5.74, 6) is 0.856. The lowest BCUT2D eigenvalue weighted by Gasteiger charge is -2.49. The van der Waals surface area contributed by atoms with Crippen molar-refractivity contribution in [1.29, 1.82) is 0 Å². The SMILES string of the molecule is C[C@@H]1CC[C@@H](CCO[Si](c2ccccc2)(c2ccccc2)C(C)(C)C)N2CCCC[C@@H]12. The summed E-state index contributed by atoms with van der Waals surface area (Å²) in [7, 11) is -2.41. The lowest BCUT2D eigenvalue weighted by Crippen LogP contribution is -2.66. The van der Waals surface area contributed by atoms with Gasteiger partial charge in [0, 0.05) is 18.7 Å². The zero-order chi connectivity index (χ0) is 21.9. The molecule has 3 atom stereocenters. The largest absolute Gasteiger partial charge is 0.407 e. The summed E-state index contributed by atoms with van der Waals surface area (Å²) in [5.41, 5.74) is 0. The molecule has 0 N–H and O–H groups in total. The van der Waals surface area contributed by atoms with Crippen LogP contribution < -0.4 is 10.4 Å². The van der Waals surface area contributed by atoms with E-state index >= 15 is 0 Å². The number of hydrogen-bond acceptors (Lipinski definition) is 2. The number of fused-ring (bicyclic) bond motifs is 1. The van der Waals surface area contributed by atoms with Crippen molar-refractivity contribution in [2.24, 2.45) is 5.92 Å². The van der Waals surface area contributed by atoms with Crippen molar-refractivity contribution in [3.05, 3.63) is 60.7 Å². The van der Waals surface area contributed by atoms with E-state index in [1.54, 1.807) is 0 Å². The number of benzene rings is 2. The molecule has 2 saturated heterocycles. The third kappa shape index (κ3) is 4.55. The third-order valence-electron chi connectivity index (χ3n) is 7.86. The van der Waals surface area contributed by atoms with Gasteiger partial charge in [0.25, 0.3) is 8.32 Å². The van der Waals surface area contributed by atoms with Crippen molar-refractivity contribution in [2.45, 2.75) is 83.3 Å². The van der Waals surface area contributed by atoms with Gasteiger partial charge in [0.2, 0.25) is 0 Å². The first-order valence-electron chi connectivity index (χ1n) is 12.4. The maximum absolute atomic E-state index is 7.19. The molecule has 0 aliphatic carbocycles. The Labute approximate surface area is 191 Å². The highest BCUT2D eigenvalue weighted by atomic mass is 28.4. The molecule has 0 unspecified atom stereocenters. The minimum Gasteiger partial charge on any atom is -0.407 e. The smallest absolute Gasteiger partial charge is 0.261 e. The molecule has 4 rings (SSSR count). The molecule has 2 aromatic rings. The Morgan fingerprint density at radius 2 is 1.48 bits per heavy atom. The molecule has 0 bridgehead atoms. The van der Waals surface area contributed by atoms with Gasteiger partial charge in [-0.3, -0.25) is 4.90 Å². The van der Waals surface area contributed by atoms with E-state index in [2.05, 4.69) is 93.3 Å². The zero-order valence-corrected chi connectivity index (χ0v) is 21.0. The van der Waals surface area contributed by atoms with Crippen LogP contribution in [0, 0.1) is 5.92 Å². The standard InChI is InChI=1S/C28H41NOSi/c1-23-18-19-24(29-21-12-11-17-27(23)29)20-22-30-31(28(2,3)4,25-13-7-5-8-14-25)26-15-9-6-10-16-26/h5-10,13-16,23-24,27H,11-12,17-22H2,1-4H3/t23-,24+,27+/m1/s1. The highest BCUT2D eigenvalue weighted by Crippen LogP contribution is 2.38. The van der Waals surface area contributed by atoms with Crippen LogP contribution in [0.5, 0.6) is 0 Å². The van der Waals surface area contributed by atoms with Gasteiger partial charge in [0.05, 0.1) is 0 Å². The molecule has 2 nitrogen and oxygen atoms in total. The number of piperidine rings is 2. The molecule has 0 radical (unpaired) electrons. The molecule has 31 heavy (non-hydrogen) atoms. The van der Waals surface area contributed by atoms with E-state index in [9.17, 15) is 0 Å². The normalized spacial score (nSPS) is 25.2. The summed E-state index contributed by atoms with van der Waals surface area (Å²) in [6.07, 6.45) is 8.06. The Kier molecular flexibility index (Phi) is 7.05. The quantitative estimate of drug-likeness (QED) is 0.547. The predicted molar refractivity (Wildman–Crippen MR) is 135 cm³/mol. The van der Waals surface area contributed by atoms with Gasteiger partial charge in [-0.05, 0) is 60.0 Å². The van der Waals surface area contributed by atoms with Crippen LogP contribution in [0.2, 0.25) is 5.04 Å². The van der Waals surface area contributed by atoms with Gasteiger partial charge in [0.15, 0.2) is 0 Å². The Morgan fingerprint density at radius 3 is 2.06 bits per heavy atom. The van der Waals surface area contributed by atoms with Gasteiger partial charge in [-0.25, -0.2) is 0 Å². The van der Waals surface area contributed by atoms with Crippen molar-refractivity contribution in [2.75, 3.05) is 13.2 Å². The van der Waals surface area contributed by atoms with Crippen molar-refractivity contribution >= 4 is 18.7 Å². The fourth-order valence-corrected chi connectivity index (χ4v) is 10.9. The minimum atomic E-state index is -2.41. The van der Waals surface area contributed by atoms with Gasteiger partial charge in [-0.15, -0.1) is 0 Å². The van der Waals surface area contributed by atoms with Gasteiger partial charge < -0.3 is 4.43 Å². The Balaban J connectivity index is 1.59. The number of nitrogens with zero attached hydrogens (tertiary/aromatic N) is 1. The Hall–Kier alpha value is -1.42. The second-order valence-corrected chi connectivity index (χ2v) is 15.1. The van der Waals surface area contributed by atoms with E-state index in [0.717, 1.165) is 25.0 Å². The first kappa shape index (κ1) is 22.8. The molecule has 2 fully saturated rings. The summed E-state index contributed by atoms with van der Waals surface area (Å²) < 4.78 is 7.19. The van der Waals surface area contributed by atoms with Crippen LogP contribution in [-0.4, -0.2) is 38.5 Å². The molecule has 0 aromatic heterocycles. The molecular formula is C28H41NOSi. The highest BCUT2D eigenvalue weighted by molar-refractivity contribution is 6.99. The molecule has 3 heteroatoms. The lowest BCUT2D eigenvalue weighted by molar-refractivity contribution is 0.00901. The van der Waals surface area contributed by atoms with Crippen molar-refractivity contribution in [3.63, 3.8) is 0 Å². The fraction of sp³-hybridized carbons (Fsp3) is 0.571. The molecule has 2 aliphatic heterocycles. The van der Waals surface area contributed by atoms with E-state index in [1.165, 1.54) is 49.0 Å². The molecule has 2 aliphatic rings. The Morgan fingerprint density at radius 1 is 0.871 bits per heavy atom. The topological polar surface area (TPSA) is 12.5 Å². The van der Waals surface area contributed by atoms with Crippen molar-refractivity contribution < 1.29 is 4.43 Å². The Bertz CT molecular complexity index is 776. The molecule has 0 saturated carbocycles. The number of hydrogen-bond donors (Lipinski definition) is 0. The summed E-state index contributed by atoms with van der Waals surface area (Å²) in [5, 5.41) is 2.84. The lowest BCUT2D eigenvalue weighted by atomic mass is 9.81. The molecule has 2 heterocycles. The summed E-state index contributed by atoms with van der Waals surface area (Å²) in [6.45, 7) is 11.7. The van der Waals surface area contributed by atoms with E-state index < -0.39 is 8.32 Å². The van der Waals surface area contributed by atoms with Gasteiger partial charge in [-0.2, -0.15) is 0 Å². The van der Waals surface area contributed by atoms with Crippen LogP contribution in [0.3, 0.4) is 0 Å². The molecule has 0 spiro atoms. The first-order valence-corrected chi connectivity index (χ1v) is 14.3. The van der Waals surface area contributed by atoms with Crippen LogP contribution in [0.4, 0.5) is 0 Å². The van der Waals surface area contributed by atoms with Crippen LogP contribution in [-0.2, 0) is 4.43 Å². The van der Waals surface area contributed by atoms with Crippen LogP contribution >= 0.6 is 0 Å². The number of rotatable bonds is 6.